The molecule has 0 unspecified atom stereocenters. The Balaban J connectivity index is 1.69. The Morgan fingerprint density at radius 1 is 1.00 bits per heavy atom. The topological polar surface area (TPSA) is 115 Å². The van der Waals surface area contributed by atoms with Gasteiger partial charge in [-0.3, -0.25) is 14.2 Å². The molecule has 5 rings (SSSR count). The van der Waals surface area contributed by atoms with Gasteiger partial charge in [-0.05, 0) is 84.5 Å². The van der Waals surface area contributed by atoms with Gasteiger partial charge in [0.25, 0.3) is 0 Å². The third-order valence-corrected chi connectivity index (χ3v) is 13.6. The molecule has 38 heavy (non-hydrogen) atoms. The molecule has 3 saturated carbocycles. The number of carbonyl (C=O) groups is 2. The zero-order valence-electron chi connectivity index (χ0n) is 24.1. The summed E-state index contributed by atoms with van der Waals surface area (Å²) in [5.41, 5.74) is -1.24. The molecule has 0 spiro atoms. The largest absolute Gasteiger partial charge is 0.326 e. The number of ketones is 2. The molecule has 5 aliphatic rings. The molecular formula is C31H44NO5P. The first-order valence-electron chi connectivity index (χ1n) is 14.3. The monoisotopic (exact) mass is 541 g/mol. The average Bonchev–Trinajstić information content (AvgIpc) is 2.78. The number of nitrogens with zero attached hydrogens (tertiary/aromatic N) is 1. The molecule has 2 N–H and O–H groups in total. The lowest BCUT2D eigenvalue weighted by molar-refractivity contribution is -0.168. The summed E-state index contributed by atoms with van der Waals surface area (Å²) in [4.78, 5) is 47.8. The second-order valence-corrected chi connectivity index (χ2v) is 17.1. The van der Waals surface area contributed by atoms with Gasteiger partial charge in [-0.1, -0.05) is 60.1 Å². The molecule has 0 saturated heterocycles. The van der Waals surface area contributed by atoms with Crippen molar-refractivity contribution >= 4 is 19.2 Å². The van der Waals surface area contributed by atoms with E-state index in [1.165, 1.54) is 0 Å². The molecule has 0 aromatic carbocycles. The van der Waals surface area contributed by atoms with Crippen LogP contribution in [0.2, 0.25) is 0 Å². The van der Waals surface area contributed by atoms with Crippen LogP contribution in [0.25, 0.3) is 0 Å². The minimum absolute atomic E-state index is 0.00201. The third kappa shape index (κ3) is 3.60. The molecule has 0 aliphatic heterocycles. The van der Waals surface area contributed by atoms with E-state index < -0.39 is 23.8 Å². The van der Waals surface area contributed by atoms with Crippen LogP contribution >= 0.6 is 7.60 Å². The average molecular weight is 542 g/mol. The summed E-state index contributed by atoms with van der Waals surface area (Å²) in [6.45, 7) is 15.0. The predicted molar refractivity (Wildman–Crippen MR) is 146 cm³/mol. The molecule has 0 radical (unpaired) electrons. The highest BCUT2D eigenvalue weighted by Gasteiger charge is 2.70. The van der Waals surface area contributed by atoms with Crippen LogP contribution in [0, 0.1) is 61.6 Å². The van der Waals surface area contributed by atoms with E-state index in [1.807, 2.05) is 26.0 Å². The lowest BCUT2D eigenvalue weighted by atomic mass is 9.34. The summed E-state index contributed by atoms with van der Waals surface area (Å²) in [5, 5.41) is 9.86. The summed E-state index contributed by atoms with van der Waals surface area (Å²) in [7, 11) is -4.27. The molecular weight excluding hydrogens is 497 g/mol. The van der Waals surface area contributed by atoms with Crippen LogP contribution in [0.4, 0.5) is 0 Å². The van der Waals surface area contributed by atoms with Crippen molar-refractivity contribution in [3.8, 4) is 6.07 Å². The van der Waals surface area contributed by atoms with Gasteiger partial charge in [0.05, 0.1) is 11.7 Å². The van der Waals surface area contributed by atoms with Crippen molar-refractivity contribution in [1.29, 1.82) is 5.26 Å². The van der Waals surface area contributed by atoms with Gasteiger partial charge < -0.3 is 9.79 Å². The van der Waals surface area contributed by atoms with Gasteiger partial charge in [-0.25, -0.2) is 0 Å². The zero-order valence-corrected chi connectivity index (χ0v) is 25.0. The Morgan fingerprint density at radius 2 is 1.63 bits per heavy atom. The van der Waals surface area contributed by atoms with Crippen molar-refractivity contribution in [2.75, 3.05) is 6.16 Å². The number of allylic oxidation sites excluding steroid dienone is 4. The van der Waals surface area contributed by atoms with Crippen LogP contribution in [0.5, 0.6) is 0 Å². The first-order chi connectivity index (χ1) is 17.3. The quantitative estimate of drug-likeness (QED) is 0.392. The fraction of sp³-hybridized carbons (Fsp3) is 0.774. The number of carbonyl (C=O) groups excluding carboxylic acids is 2. The van der Waals surface area contributed by atoms with Crippen molar-refractivity contribution < 1.29 is 23.9 Å². The maximum Gasteiger partial charge on any atom is 0.326 e. The van der Waals surface area contributed by atoms with E-state index in [-0.39, 0.29) is 57.3 Å². The number of rotatable bonds is 2. The molecule has 7 heteroatoms. The maximum atomic E-state index is 14.4. The summed E-state index contributed by atoms with van der Waals surface area (Å²) < 4.78 is 12.4. The predicted octanol–water partition coefficient (Wildman–Crippen LogP) is 6.38. The molecule has 208 valence electrons. The second-order valence-electron chi connectivity index (χ2n) is 15.4. The van der Waals surface area contributed by atoms with Crippen molar-refractivity contribution in [2.24, 2.45) is 50.2 Å². The highest BCUT2D eigenvalue weighted by molar-refractivity contribution is 7.51. The molecule has 7 atom stereocenters. The fourth-order valence-electron chi connectivity index (χ4n) is 10.4. The summed E-state index contributed by atoms with van der Waals surface area (Å²) >= 11 is 0. The Labute approximate surface area is 227 Å². The van der Waals surface area contributed by atoms with E-state index >= 15 is 0 Å². The molecule has 0 aromatic rings. The number of hydrogen-bond donors (Lipinski definition) is 2. The van der Waals surface area contributed by atoms with E-state index in [2.05, 4.69) is 40.7 Å². The molecule has 0 heterocycles. The van der Waals surface area contributed by atoms with Gasteiger partial charge in [-0.15, -0.1) is 0 Å². The maximum absolute atomic E-state index is 14.4. The number of hydrogen-bond acceptors (Lipinski definition) is 4. The van der Waals surface area contributed by atoms with Crippen molar-refractivity contribution in [2.45, 2.75) is 93.4 Å². The molecule has 0 bridgehead atoms. The highest BCUT2D eigenvalue weighted by atomic mass is 31.2. The molecule has 0 aromatic heterocycles. The molecule has 5 aliphatic carbocycles. The first-order valence-corrected chi connectivity index (χ1v) is 16.1. The van der Waals surface area contributed by atoms with Gasteiger partial charge in [0.15, 0.2) is 11.6 Å². The van der Waals surface area contributed by atoms with Gasteiger partial charge >= 0.3 is 7.60 Å². The number of nitriles is 1. The van der Waals surface area contributed by atoms with Crippen LogP contribution < -0.4 is 0 Å². The van der Waals surface area contributed by atoms with Crippen molar-refractivity contribution in [3.63, 3.8) is 0 Å². The number of fused-ring (bicyclic) bond motifs is 7. The summed E-state index contributed by atoms with van der Waals surface area (Å²) in [6.07, 6.45) is 9.15. The fourth-order valence-corrected chi connectivity index (χ4v) is 11.8. The van der Waals surface area contributed by atoms with E-state index in [0.717, 1.165) is 44.1 Å². The first kappa shape index (κ1) is 28.0. The van der Waals surface area contributed by atoms with Crippen molar-refractivity contribution in [1.82, 2.24) is 0 Å². The van der Waals surface area contributed by atoms with Crippen LogP contribution in [-0.4, -0.2) is 27.5 Å². The van der Waals surface area contributed by atoms with Crippen LogP contribution in [0.3, 0.4) is 0 Å². The van der Waals surface area contributed by atoms with Gasteiger partial charge in [0, 0.05) is 16.7 Å². The summed E-state index contributed by atoms with van der Waals surface area (Å²) in [6, 6.07) is 2.15. The zero-order chi connectivity index (χ0) is 28.3. The van der Waals surface area contributed by atoms with Gasteiger partial charge in [0.1, 0.15) is 6.07 Å². The Kier molecular flexibility index (Phi) is 5.91. The molecule has 6 nitrogen and oxygen atoms in total. The minimum atomic E-state index is -4.27. The van der Waals surface area contributed by atoms with E-state index in [4.69, 9.17) is 0 Å². The van der Waals surface area contributed by atoms with Gasteiger partial charge in [0.2, 0.25) is 0 Å². The second kappa shape index (κ2) is 8.02. The van der Waals surface area contributed by atoms with Gasteiger partial charge in [-0.2, -0.15) is 5.26 Å². The molecule has 3 fully saturated rings. The standard InChI is InChI=1S/C31H44NO5P/c1-26(2)10-12-31(18-38(35,36)37)13-11-30(7)24(20(31)16-26)21(33)14-23-28(5)15-19(17-32)25(34)27(3,4)22(28)8-9-29(23,30)6/h14-15,20,22,24H,8-13,16,18H2,1-7H3,(H2,35,36,37)/t20-,22-,24-,28-,29+,30+,31+/m0/s1. The van der Waals surface area contributed by atoms with Crippen LogP contribution in [0.15, 0.2) is 23.3 Å². The van der Waals surface area contributed by atoms with Crippen LogP contribution in [0.1, 0.15) is 93.4 Å². The Hall–Kier alpha value is -1.54. The van der Waals surface area contributed by atoms with E-state index in [9.17, 15) is 29.2 Å². The lowest BCUT2D eigenvalue weighted by Crippen LogP contribution is -2.65. The third-order valence-electron chi connectivity index (χ3n) is 12.6. The van der Waals surface area contributed by atoms with Crippen LogP contribution in [-0.2, 0) is 14.2 Å². The number of Topliss-reactive ketones (excluding diaryl/α,β-unsaturated/α-hetero) is 1. The van der Waals surface area contributed by atoms with E-state index in [1.54, 1.807) is 0 Å². The lowest BCUT2D eigenvalue weighted by Gasteiger charge is -2.69. The Morgan fingerprint density at radius 3 is 2.24 bits per heavy atom. The normalized spacial score (nSPS) is 45.4. The minimum Gasteiger partial charge on any atom is -0.324 e. The highest BCUT2D eigenvalue weighted by Crippen LogP contribution is 2.75. The molecule has 0 amide bonds. The Bertz CT molecular complexity index is 1270. The smallest absolute Gasteiger partial charge is 0.324 e. The SMILES string of the molecule is CC1(C)CC[C@]2(CP(=O)(O)O)CC[C@]3(C)[C@H](C(=O)C=C4[C@@]5(C)C=C(C#N)C(=O)C(C)(C)[C@@H]5CC[C@]43C)[C@@H]2C1. The van der Waals surface area contributed by atoms with E-state index in [0.29, 0.717) is 6.42 Å². The summed E-state index contributed by atoms with van der Waals surface area (Å²) in [5.74, 6) is -0.421. The van der Waals surface area contributed by atoms with Crippen molar-refractivity contribution in [3.05, 3.63) is 23.3 Å².